The molecule has 1 aromatic heterocycles. The van der Waals surface area contributed by atoms with Crippen LogP contribution in [-0.4, -0.2) is 35.4 Å². The molecule has 0 fully saturated rings. The number of carbonyl (C=O) groups is 1. The van der Waals surface area contributed by atoms with Gasteiger partial charge in [-0.1, -0.05) is 30.3 Å². The van der Waals surface area contributed by atoms with Gasteiger partial charge in [-0.05, 0) is 18.4 Å². The molecule has 0 bridgehead atoms. The number of hydrogen-bond acceptors (Lipinski definition) is 4. The highest BCUT2D eigenvalue weighted by Gasteiger charge is 2.15. The molecular formula is C16H23ClN4O2. The van der Waals surface area contributed by atoms with Crippen LogP contribution in [0.1, 0.15) is 12.0 Å². The summed E-state index contributed by atoms with van der Waals surface area (Å²) in [5.74, 6) is 0.289. The fourth-order valence-electron chi connectivity index (χ4n) is 2.10. The number of aromatic nitrogens is 2. The molecular weight excluding hydrogens is 316 g/mol. The molecule has 0 aliphatic rings. The van der Waals surface area contributed by atoms with Gasteiger partial charge >= 0.3 is 0 Å². The number of nitrogens with one attached hydrogen (secondary N) is 1. The first kappa shape index (κ1) is 19.2. The van der Waals surface area contributed by atoms with Gasteiger partial charge in [-0.2, -0.15) is 5.10 Å². The third-order valence-electron chi connectivity index (χ3n) is 3.26. The minimum Gasteiger partial charge on any atom is -0.385 e. The summed E-state index contributed by atoms with van der Waals surface area (Å²) in [7, 11) is 1.67. The van der Waals surface area contributed by atoms with E-state index in [2.05, 4.69) is 10.4 Å². The summed E-state index contributed by atoms with van der Waals surface area (Å²) in [6.45, 7) is 1.43. The van der Waals surface area contributed by atoms with E-state index >= 15 is 0 Å². The second kappa shape index (κ2) is 9.99. The minimum absolute atomic E-state index is 0. The van der Waals surface area contributed by atoms with Gasteiger partial charge in [0.1, 0.15) is 0 Å². The number of amides is 1. The van der Waals surface area contributed by atoms with Crippen molar-refractivity contribution in [2.75, 3.05) is 19.0 Å². The first-order valence-electron chi connectivity index (χ1n) is 7.32. The molecule has 1 amide bonds. The average Bonchev–Trinajstić information content (AvgIpc) is 2.96. The van der Waals surface area contributed by atoms with Gasteiger partial charge in [0, 0.05) is 32.5 Å². The molecule has 0 saturated heterocycles. The lowest BCUT2D eigenvalue weighted by molar-refractivity contribution is -0.117. The summed E-state index contributed by atoms with van der Waals surface area (Å²) >= 11 is 0. The van der Waals surface area contributed by atoms with Gasteiger partial charge in [-0.15, -0.1) is 12.4 Å². The van der Waals surface area contributed by atoms with Crippen molar-refractivity contribution in [3.63, 3.8) is 0 Å². The highest BCUT2D eigenvalue weighted by atomic mass is 35.5. The normalized spacial score (nSPS) is 11.6. The number of carbonyl (C=O) groups excluding carboxylic acids is 1. The predicted molar refractivity (Wildman–Crippen MR) is 92.7 cm³/mol. The number of anilines is 1. The van der Waals surface area contributed by atoms with Gasteiger partial charge in [0.05, 0.1) is 6.04 Å². The zero-order chi connectivity index (χ0) is 15.8. The van der Waals surface area contributed by atoms with Crippen molar-refractivity contribution in [2.45, 2.75) is 25.4 Å². The highest BCUT2D eigenvalue weighted by molar-refractivity contribution is 5.94. The van der Waals surface area contributed by atoms with Crippen LogP contribution in [-0.2, 0) is 22.5 Å². The molecule has 0 unspecified atom stereocenters. The second-order valence-electron chi connectivity index (χ2n) is 5.10. The third-order valence-corrected chi connectivity index (χ3v) is 3.26. The van der Waals surface area contributed by atoms with E-state index in [4.69, 9.17) is 10.5 Å². The summed E-state index contributed by atoms with van der Waals surface area (Å²) in [6, 6.07) is 10.9. The number of methoxy groups -OCH3 is 1. The van der Waals surface area contributed by atoms with E-state index in [1.807, 2.05) is 36.5 Å². The van der Waals surface area contributed by atoms with E-state index in [9.17, 15) is 4.79 Å². The molecule has 2 rings (SSSR count). The average molecular weight is 339 g/mol. The molecule has 1 heterocycles. The number of aryl methyl sites for hydroxylation is 1. The Hall–Kier alpha value is -1.89. The van der Waals surface area contributed by atoms with Crippen molar-refractivity contribution in [1.29, 1.82) is 0 Å². The number of ether oxygens (including phenoxy) is 1. The molecule has 1 aromatic carbocycles. The molecule has 126 valence electrons. The Morgan fingerprint density at radius 3 is 2.78 bits per heavy atom. The topological polar surface area (TPSA) is 82.2 Å². The zero-order valence-corrected chi connectivity index (χ0v) is 14.0. The fraction of sp³-hybridized carbons (Fsp3) is 0.375. The van der Waals surface area contributed by atoms with Crippen LogP contribution in [0, 0.1) is 0 Å². The molecule has 0 radical (unpaired) electrons. The first-order valence-corrected chi connectivity index (χ1v) is 7.32. The second-order valence-corrected chi connectivity index (χ2v) is 5.10. The zero-order valence-electron chi connectivity index (χ0n) is 13.1. The highest BCUT2D eigenvalue weighted by Crippen LogP contribution is 2.06. The van der Waals surface area contributed by atoms with Crippen LogP contribution in [0.4, 0.5) is 5.82 Å². The Morgan fingerprint density at radius 2 is 2.09 bits per heavy atom. The van der Waals surface area contributed by atoms with Crippen molar-refractivity contribution < 1.29 is 9.53 Å². The van der Waals surface area contributed by atoms with E-state index in [1.165, 1.54) is 0 Å². The summed E-state index contributed by atoms with van der Waals surface area (Å²) in [6.07, 6.45) is 3.20. The minimum atomic E-state index is -0.596. The molecule has 6 nitrogen and oxygen atoms in total. The Kier molecular flexibility index (Phi) is 8.32. The quantitative estimate of drug-likeness (QED) is 0.720. The van der Waals surface area contributed by atoms with Crippen LogP contribution in [0.3, 0.4) is 0 Å². The number of nitrogens with zero attached hydrogens (tertiary/aromatic N) is 2. The maximum Gasteiger partial charge on any atom is 0.242 e. The summed E-state index contributed by atoms with van der Waals surface area (Å²) in [4.78, 5) is 12.1. The van der Waals surface area contributed by atoms with Crippen molar-refractivity contribution >= 4 is 24.1 Å². The van der Waals surface area contributed by atoms with Crippen LogP contribution in [0.2, 0.25) is 0 Å². The standard InChI is InChI=1S/C16H22N4O2.ClH/c1-22-11-5-9-20-10-8-15(19-20)18-16(21)14(17)12-13-6-3-2-4-7-13;/h2-4,6-8,10,14H,5,9,11-12,17H2,1H3,(H,18,19,21);1H/t14-;/m0./s1. The number of benzene rings is 1. The molecule has 0 saturated carbocycles. The van der Waals surface area contributed by atoms with E-state index in [-0.39, 0.29) is 18.3 Å². The lowest BCUT2D eigenvalue weighted by Gasteiger charge is -2.10. The van der Waals surface area contributed by atoms with Gasteiger partial charge in [-0.25, -0.2) is 0 Å². The molecule has 23 heavy (non-hydrogen) atoms. The lowest BCUT2D eigenvalue weighted by Crippen LogP contribution is -2.37. The van der Waals surface area contributed by atoms with Gasteiger partial charge < -0.3 is 15.8 Å². The van der Waals surface area contributed by atoms with Gasteiger partial charge in [0.25, 0.3) is 0 Å². The number of halogens is 1. The molecule has 3 N–H and O–H groups in total. The number of nitrogens with two attached hydrogens (primary N) is 1. The van der Waals surface area contributed by atoms with Crippen molar-refractivity contribution in [3.05, 3.63) is 48.2 Å². The van der Waals surface area contributed by atoms with Gasteiger partial charge in [0.15, 0.2) is 5.82 Å². The molecule has 7 heteroatoms. The Labute approximate surface area is 142 Å². The maximum absolute atomic E-state index is 12.1. The molecule has 0 aliphatic carbocycles. The monoisotopic (exact) mass is 338 g/mol. The SMILES string of the molecule is COCCCn1ccc(NC(=O)[C@@H](N)Cc2ccccc2)n1.Cl. The van der Waals surface area contributed by atoms with E-state index in [0.29, 0.717) is 18.8 Å². The van der Waals surface area contributed by atoms with E-state index in [1.54, 1.807) is 17.9 Å². The van der Waals surface area contributed by atoms with E-state index < -0.39 is 6.04 Å². The predicted octanol–water partition coefficient (Wildman–Crippen LogP) is 1.85. The maximum atomic E-state index is 12.1. The largest absolute Gasteiger partial charge is 0.385 e. The van der Waals surface area contributed by atoms with Crippen LogP contribution >= 0.6 is 12.4 Å². The summed E-state index contributed by atoms with van der Waals surface area (Å²) < 4.78 is 6.77. The van der Waals surface area contributed by atoms with Crippen molar-refractivity contribution in [3.8, 4) is 0 Å². The summed E-state index contributed by atoms with van der Waals surface area (Å²) in [5.41, 5.74) is 6.98. The number of hydrogen-bond donors (Lipinski definition) is 2. The smallest absolute Gasteiger partial charge is 0.242 e. The molecule has 0 aliphatic heterocycles. The van der Waals surface area contributed by atoms with Gasteiger partial charge in [-0.3, -0.25) is 9.48 Å². The van der Waals surface area contributed by atoms with Crippen LogP contribution < -0.4 is 11.1 Å². The van der Waals surface area contributed by atoms with Crippen molar-refractivity contribution in [1.82, 2.24) is 9.78 Å². The van der Waals surface area contributed by atoms with Gasteiger partial charge in [0.2, 0.25) is 5.91 Å². The Morgan fingerprint density at radius 1 is 1.35 bits per heavy atom. The van der Waals surface area contributed by atoms with Crippen LogP contribution in [0.25, 0.3) is 0 Å². The molecule has 0 spiro atoms. The summed E-state index contributed by atoms with van der Waals surface area (Å²) in [5, 5.41) is 7.03. The fourth-order valence-corrected chi connectivity index (χ4v) is 2.10. The molecule has 2 aromatic rings. The first-order chi connectivity index (χ1) is 10.7. The Balaban J connectivity index is 0.00000264. The van der Waals surface area contributed by atoms with Crippen LogP contribution in [0.5, 0.6) is 0 Å². The van der Waals surface area contributed by atoms with Crippen LogP contribution in [0.15, 0.2) is 42.6 Å². The van der Waals surface area contributed by atoms with E-state index in [0.717, 1.165) is 18.5 Å². The number of rotatable bonds is 8. The Bertz CT molecular complexity index is 589. The lowest BCUT2D eigenvalue weighted by atomic mass is 10.1. The van der Waals surface area contributed by atoms with Crippen molar-refractivity contribution in [2.24, 2.45) is 5.73 Å². The third kappa shape index (κ3) is 6.40. The molecule has 1 atom stereocenters.